The van der Waals surface area contributed by atoms with Crippen LogP contribution >= 0.6 is 0 Å². The zero-order valence-corrected chi connectivity index (χ0v) is 17.5. The van der Waals surface area contributed by atoms with Crippen LogP contribution in [0.15, 0.2) is 24.3 Å². The van der Waals surface area contributed by atoms with E-state index in [1.807, 2.05) is 45.0 Å². The predicted molar refractivity (Wildman–Crippen MR) is 108 cm³/mol. The van der Waals surface area contributed by atoms with Crippen LogP contribution in [0, 0.1) is 0 Å². The zero-order chi connectivity index (χ0) is 20.0. The molecule has 0 atom stereocenters. The van der Waals surface area contributed by atoms with E-state index < -0.39 is 0 Å². The summed E-state index contributed by atoms with van der Waals surface area (Å²) in [5, 5.41) is 0. The van der Waals surface area contributed by atoms with Crippen molar-refractivity contribution in [3.05, 3.63) is 24.3 Å². The molecular weight excluding hydrogens is 348 g/mol. The Morgan fingerprint density at radius 1 is 0.519 bits per heavy atom. The van der Waals surface area contributed by atoms with E-state index >= 15 is 0 Å². The first-order valence-corrected chi connectivity index (χ1v) is 10.0. The third kappa shape index (κ3) is 16.6. The maximum atomic E-state index is 5.61. The maximum Gasteiger partial charge on any atom is 0.119 e. The van der Waals surface area contributed by atoms with E-state index in [1.165, 1.54) is 0 Å². The summed E-state index contributed by atoms with van der Waals surface area (Å²) in [5.74, 6) is 1.59. The molecule has 158 valence electrons. The molecule has 0 fully saturated rings. The highest BCUT2D eigenvalue weighted by Gasteiger charge is 1.98. The molecule has 1 aromatic carbocycles. The topological polar surface area (TPSA) is 55.4 Å². The van der Waals surface area contributed by atoms with Crippen LogP contribution in [0.3, 0.4) is 0 Å². The van der Waals surface area contributed by atoms with E-state index in [9.17, 15) is 0 Å². The van der Waals surface area contributed by atoms with E-state index in [2.05, 4.69) is 6.92 Å². The van der Waals surface area contributed by atoms with Gasteiger partial charge in [0.2, 0.25) is 0 Å². The van der Waals surface area contributed by atoms with Gasteiger partial charge in [-0.05, 0) is 37.6 Å². The van der Waals surface area contributed by atoms with Crippen LogP contribution in [0.2, 0.25) is 0 Å². The van der Waals surface area contributed by atoms with Crippen molar-refractivity contribution in [2.75, 3.05) is 66.1 Å². The fourth-order valence-corrected chi connectivity index (χ4v) is 1.90. The quantitative estimate of drug-likeness (QED) is 0.378. The summed E-state index contributed by atoms with van der Waals surface area (Å²) in [5.41, 5.74) is 0. The first-order chi connectivity index (χ1) is 13.4. The van der Waals surface area contributed by atoms with Gasteiger partial charge < -0.3 is 28.4 Å². The molecule has 0 radical (unpaired) electrons. The molecule has 6 nitrogen and oxygen atoms in total. The van der Waals surface area contributed by atoms with Gasteiger partial charge in [-0.25, -0.2) is 0 Å². The Hall–Kier alpha value is -1.34. The molecule has 0 heterocycles. The van der Waals surface area contributed by atoms with Gasteiger partial charge in [0, 0.05) is 13.2 Å². The van der Waals surface area contributed by atoms with Crippen LogP contribution in [-0.4, -0.2) is 66.1 Å². The molecule has 0 aromatic heterocycles. The maximum absolute atomic E-state index is 5.61. The van der Waals surface area contributed by atoms with Crippen LogP contribution in [-0.2, 0) is 18.9 Å². The molecule has 1 rings (SSSR count). The fourth-order valence-electron chi connectivity index (χ4n) is 1.90. The van der Waals surface area contributed by atoms with Crippen molar-refractivity contribution >= 4 is 0 Å². The summed E-state index contributed by atoms with van der Waals surface area (Å²) in [7, 11) is 0. The van der Waals surface area contributed by atoms with Gasteiger partial charge >= 0.3 is 0 Å². The van der Waals surface area contributed by atoms with Gasteiger partial charge in [0.1, 0.15) is 24.7 Å². The van der Waals surface area contributed by atoms with Crippen molar-refractivity contribution in [2.45, 2.75) is 34.1 Å². The smallest absolute Gasteiger partial charge is 0.119 e. The summed E-state index contributed by atoms with van der Waals surface area (Å²) >= 11 is 0. The van der Waals surface area contributed by atoms with Gasteiger partial charge in [-0.2, -0.15) is 0 Å². The SMILES string of the molecule is CC.CCCOCCOCCOc1ccc(OCCOCCOCC)cc1. The van der Waals surface area contributed by atoms with Gasteiger partial charge in [0.25, 0.3) is 0 Å². The Balaban J connectivity index is 0.00000326. The number of ether oxygens (including phenoxy) is 6. The molecule has 0 unspecified atom stereocenters. The molecule has 0 saturated carbocycles. The Morgan fingerprint density at radius 3 is 1.30 bits per heavy atom. The molecule has 0 aliphatic heterocycles. The zero-order valence-electron chi connectivity index (χ0n) is 17.5. The lowest BCUT2D eigenvalue weighted by atomic mass is 10.3. The normalized spacial score (nSPS) is 10.2. The van der Waals surface area contributed by atoms with E-state index in [0.717, 1.165) is 24.5 Å². The van der Waals surface area contributed by atoms with E-state index in [4.69, 9.17) is 28.4 Å². The average Bonchev–Trinajstić information content (AvgIpc) is 2.72. The Labute approximate surface area is 165 Å². The summed E-state index contributed by atoms with van der Waals surface area (Å²) < 4.78 is 32.5. The van der Waals surface area contributed by atoms with Gasteiger partial charge in [-0.3, -0.25) is 0 Å². The number of rotatable bonds is 17. The van der Waals surface area contributed by atoms with Crippen molar-refractivity contribution in [3.8, 4) is 11.5 Å². The monoisotopic (exact) mass is 386 g/mol. The standard InChI is InChI=1S/C19H32O6.C2H6/c1-3-9-21-12-13-23-15-17-25-19-7-5-18(6-8-19)24-16-14-22-11-10-20-4-2;1-2/h5-8H,3-4,9-17H2,1-2H3;1-2H3. The predicted octanol–water partition coefficient (Wildman–Crippen LogP) is 3.97. The third-order valence-electron chi connectivity index (χ3n) is 3.11. The van der Waals surface area contributed by atoms with Crippen LogP contribution in [0.4, 0.5) is 0 Å². The van der Waals surface area contributed by atoms with Crippen LogP contribution in [0.5, 0.6) is 11.5 Å². The van der Waals surface area contributed by atoms with Gasteiger partial charge in [-0.1, -0.05) is 20.8 Å². The lowest BCUT2D eigenvalue weighted by Crippen LogP contribution is -2.11. The average molecular weight is 387 g/mol. The molecule has 0 spiro atoms. The van der Waals surface area contributed by atoms with Crippen molar-refractivity contribution in [1.29, 1.82) is 0 Å². The lowest BCUT2D eigenvalue weighted by Gasteiger charge is -2.09. The summed E-state index contributed by atoms with van der Waals surface area (Å²) in [4.78, 5) is 0. The first-order valence-electron chi connectivity index (χ1n) is 10.0. The first kappa shape index (κ1) is 25.7. The van der Waals surface area contributed by atoms with E-state index in [0.29, 0.717) is 59.5 Å². The molecule has 27 heavy (non-hydrogen) atoms. The second-order valence-electron chi connectivity index (χ2n) is 5.20. The van der Waals surface area contributed by atoms with Crippen molar-refractivity contribution in [2.24, 2.45) is 0 Å². The second kappa shape index (κ2) is 21.0. The molecule has 0 aliphatic carbocycles. The van der Waals surface area contributed by atoms with E-state index in [1.54, 1.807) is 0 Å². The largest absolute Gasteiger partial charge is 0.491 e. The van der Waals surface area contributed by atoms with E-state index in [-0.39, 0.29) is 0 Å². The molecule has 0 amide bonds. The van der Waals surface area contributed by atoms with Crippen molar-refractivity contribution in [1.82, 2.24) is 0 Å². The summed E-state index contributed by atoms with van der Waals surface area (Å²) in [6.07, 6.45) is 1.03. The lowest BCUT2D eigenvalue weighted by molar-refractivity contribution is 0.0365. The van der Waals surface area contributed by atoms with Crippen LogP contribution in [0.1, 0.15) is 34.1 Å². The fraction of sp³-hybridized carbons (Fsp3) is 0.714. The minimum Gasteiger partial charge on any atom is -0.491 e. The highest BCUT2D eigenvalue weighted by Crippen LogP contribution is 2.17. The van der Waals surface area contributed by atoms with Crippen molar-refractivity contribution < 1.29 is 28.4 Å². The minimum absolute atomic E-state index is 0.514. The Bertz CT molecular complexity index is 396. The molecule has 1 aromatic rings. The molecule has 0 aliphatic rings. The molecule has 6 heteroatoms. The van der Waals surface area contributed by atoms with Gasteiger partial charge in [0.15, 0.2) is 0 Å². The summed E-state index contributed by atoms with van der Waals surface area (Å²) in [6, 6.07) is 7.54. The highest BCUT2D eigenvalue weighted by molar-refractivity contribution is 5.31. The van der Waals surface area contributed by atoms with Gasteiger partial charge in [-0.15, -0.1) is 0 Å². The minimum atomic E-state index is 0.514. The molecule has 0 bridgehead atoms. The van der Waals surface area contributed by atoms with Crippen LogP contribution in [0.25, 0.3) is 0 Å². The summed E-state index contributed by atoms with van der Waals surface area (Å²) in [6.45, 7) is 14.1. The van der Waals surface area contributed by atoms with Crippen LogP contribution < -0.4 is 9.47 Å². The molecule has 0 saturated heterocycles. The second-order valence-corrected chi connectivity index (χ2v) is 5.20. The third-order valence-corrected chi connectivity index (χ3v) is 3.11. The Kier molecular flexibility index (Phi) is 19.9. The van der Waals surface area contributed by atoms with Crippen molar-refractivity contribution in [3.63, 3.8) is 0 Å². The number of hydrogen-bond donors (Lipinski definition) is 0. The highest BCUT2D eigenvalue weighted by atomic mass is 16.5. The van der Waals surface area contributed by atoms with Gasteiger partial charge in [0.05, 0.1) is 39.6 Å². The molecular formula is C21H38O6. The number of benzene rings is 1. The molecule has 0 N–H and O–H groups in total. The number of hydrogen-bond acceptors (Lipinski definition) is 6. The Morgan fingerprint density at radius 2 is 0.889 bits per heavy atom.